The van der Waals surface area contributed by atoms with Crippen molar-refractivity contribution in [3.63, 3.8) is 0 Å². The Kier molecular flexibility index (Phi) is 3.65. The maximum absolute atomic E-state index is 12.3. The monoisotopic (exact) mass is 285 g/mol. The van der Waals surface area contributed by atoms with Crippen LogP contribution in [-0.4, -0.2) is 12.5 Å². The van der Waals surface area contributed by atoms with Gasteiger partial charge in [-0.2, -0.15) is 0 Å². The number of carbonyl (C=O) groups excluding carboxylic acids is 1. The number of hydrogen-bond donors (Lipinski definition) is 2. The van der Waals surface area contributed by atoms with Crippen molar-refractivity contribution in [1.29, 1.82) is 0 Å². The molecule has 2 aromatic rings. The van der Waals surface area contributed by atoms with Gasteiger partial charge in [-0.15, -0.1) is 12.6 Å². The molecule has 0 saturated carbocycles. The number of benzene rings is 2. The van der Waals surface area contributed by atoms with Crippen LogP contribution in [0.2, 0.25) is 0 Å². The third-order valence-corrected chi connectivity index (χ3v) is 3.69. The number of carbonyl (C=O) groups is 1. The van der Waals surface area contributed by atoms with Crippen LogP contribution >= 0.6 is 12.6 Å². The minimum Gasteiger partial charge on any atom is -0.493 e. The summed E-state index contributed by atoms with van der Waals surface area (Å²) in [6.45, 7) is 0.623. The fourth-order valence-corrected chi connectivity index (χ4v) is 2.50. The van der Waals surface area contributed by atoms with E-state index >= 15 is 0 Å². The van der Waals surface area contributed by atoms with Crippen LogP contribution in [0, 0.1) is 0 Å². The Hall–Kier alpha value is -1.94. The van der Waals surface area contributed by atoms with E-state index in [0.717, 1.165) is 22.6 Å². The highest BCUT2D eigenvalue weighted by Gasteiger charge is 2.22. The van der Waals surface area contributed by atoms with E-state index in [0.29, 0.717) is 12.2 Å². The molecule has 0 spiro atoms. The van der Waals surface area contributed by atoms with Gasteiger partial charge in [-0.3, -0.25) is 4.79 Å². The van der Waals surface area contributed by atoms with E-state index in [1.807, 2.05) is 36.4 Å². The zero-order valence-corrected chi connectivity index (χ0v) is 11.8. The summed E-state index contributed by atoms with van der Waals surface area (Å²) in [5, 5.41) is 3.07. The van der Waals surface area contributed by atoms with Gasteiger partial charge in [0.05, 0.1) is 12.6 Å². The molecule has 1 atom stereocenters. The van der Waals surface area contributed by atoms with E-state index < -0.39 is 0 Å². The molecule has 1 heterocycles. The highest BCUT2D eigenvalue weighted by Crippen LogP contribution is 2.31. The number of fused-ring (bicyclic) bond motifs is 1. The molecule has 3 rings (SSSR count). The maximum atomic E-state index is 12.3. The van der Waals surface area contributed by atoms with Crippen molar-refractivity contribution in [3.8, 4) is 5.75 Å². The number of para-hydroxylation sites is 1. The van der Waals surface area contributed by atoms with E-state index in [4.69, 9.17) is 4.74 Å². The van der Waals surface area contributed by atoms with Gasteiger partial charge in [0.15, 0.2) is 0 Å². The molecule has 1 aliphatic heterocycles. The Morgan fingerprint density at radius 3 is 2.70 bits per heavy atom. The number of thiol groups is 1. The molecule has 0 fully saturated rings. The van der Waals surface area contributed by atoms with Gasteiger partial charge in [0, 0.05) is 22.4 Å². The van der Waals surface area contributed by atoms with Crippen LogP contribution < -0.4 is 10.1 Å². The SMILES string of the molecule is O=C(NC1CCOc2ccccc21)c1ccc(S)cc1. The Morgan fingerprint density at radius 2 is 1.90 bits per heavy atom. The first kappa shape index (κ1) is 13.1. The molecular weight excluding hydrogens is 270 g/mol. The van der Waals surface area contributed by atoms with E-state index in [2.05, 4.69) is 17.9 Å². The van der Waals surface area contributed by atoms with E-state index in [1.165, 1.54) is 0 Å². The Balaban J connectivity index is 1.79. The van der Waals surface area contributed by atoms with Gasteiger partial charge in [-0.05, 0) is 30.3 Å². The van der Waals surface area contributed by atoms with E-state index in [9.17, 15) is 4.79 Å². The van der Waals surface area contributed by atoms with Gasteiger partial charge in [0.25, 0.3) is 5.91 Å². The predicted octanol–water partition coefficient (Wildman–Crippen LogP) is 3.23. The van der Waals surface area contributed by atoms with Crippen molar-refractivity contribution >= 4 is 18.5 Å². The van der Waals surface area contributed by atoms with Crippen LogP contribution in [0.3, 0.4) is 0 Å². The lowest BCUT2D eigenvalue weighted by Gasteiger charge is -2.26. The topological polar surface area (TPSA) is 38.3 Å². The molecule has 1 unspecified atom stereocenters. The summed E-state index contributed by atoms with van der Waals surface area (Å²) in [5.41, 5.74) is 1.68. The zero-order chi connectivity index (χ0) is 13.9. The van der Waals surface area contributed by atoms with Gasteiger partial charge in [-0.1, -0.05) is 18.2 Å². The number of rotatable bonds is 2. The van der Waals surface area contributed by atoms with Gasteiger partial charge >= 0.3 is 0 Å². The highest BCUT2D eigenvalue weighted by molar-refractivity contribution is 7.80. The Morgan fingerprint density at radius 1 is 1.15 bits per heavy atom. The van der Waals surface area contributed by atoms with Crippen LogP contribution in [0.1, 0.15) is 28.4 Å². The van der Waals surface area contributed by atoms with Crippen LogP contribution in [0.4, 0.5) is 0 Å². The molecule has 102 valence electrons. The third-order valence-electron chi connectivity index (χ3n) is 3.39. The summed E-state index contributed by atoms with van der Waals surface area (Å²) in [7, 11) is 0. The zero-order valence-electron chi connectivity index (χ0n) is 10.9. The summed E-state index contributed by atoms with van der Waals surface area (Å²) in [6.07, 6.45) is 0.785. The van der Waals surface area contributed by atoms with E-state index in [1.54, 1.807) is 12.1 Å². The van der Waals surface area contributed by atoms with Crippen LogP contribution in [-0.2, 0) is 0 Å². The lowest BCUT2D eigenvalue weighted by atomic mass is 10.00. The molecule has 1 amide bonds. The largest absolute Gasteiger partial charge is 0.493 e. The first-order valence-corrected chi connectivity index (χ1v) is 7.00. The Bertz CT molecular complexity index is 625. The molecule has 4 heteroatoms. The third kappa shape index (κ3) is 2.65. The van der Waals surface area contributed by atoms with Crippen molar-refractivity contribution in [2.24, 2.45) is 0 Å². The second-order valence-electron chi connectivity index (χ2n) is 4.75. The highest BCUT2D eigenvalue weighted by atomic mass is 32.1. The van der Waals surface area contributed by atoms with Gasteiger partial charge in [0.2, 0.25) is 0 Å². The van der Waals surface area contributed by atoms with Crippen molar-refractivity contribution in [2.45, 2.75) is 17.4 Å². The molecular formula is C16H15NO2S. The number of ether oxygens (including phenoxy) is 1. The van der Waals surface area contributed by atoms with Gasteiger partial charge in [-0.25, -0.2) is 0 Å². The molecule has 20 heavy (non-hydrogen) atoms. The lowest BCUT2D eigenvalue weighted by molar-refractivity contribution is 0.0924. The molecule has 0 bridgehead atoms. The standard InChI is InChI=1S/C16H15NO2S/c18-16(11-5-7-12(20)8-6-11)17-14-9-10-19-15-4-2-1-3-13(14)15/h1-8,14,20H,9-10H2,(H,17,18). The number of nitrogens with one attached hydrogen (secondary N) is 1. The fourth-order valence-electron chi connectivity index (χ4n) is 2.35. The maximum Gasteiger partial charge on any atom is 0.251 e. The van der Waals surface area contributed by atoms with Gasteiger partial charge in [0.1, 0.15) is 5.75 Å². The van der Waals surface area contributed by atoms with Crippen molar-refractivity contribution < 1.29 is 9.53 Å². The average molecular weight is 285 g/mol. The molecule has 1 N–H and O–H groups in total. The normalized spacial score (nSPS) is 16.9. The lowest BCUT2D eigenvalue weighted by Crippen LogP contribution is -2.32. The second kappa shape index (κ2) is 5.59. The summed E-state index contributed by atoms with van der Waals surface area (Å²) in [4.78, 5) is 13.1. The Labute approximate surface area is 123 Å². The quantitative estimate of drug-likeness (QED) is 0.831. The molecule has 0 saturated heterocycles. The minimum absolute atomic E-state index is 0.00290. The van der Waals surface area contributed by atoms with Crippen molar-refractivity contribution in [2.75, 3.05) is 6.61 Å². The smallest absolute Gasteiger partial charge is 0.251 e. The van der Waals surface area contributed by atoms with E-state index in [-0.39, 0.29) is 11.9 Å². The average Bonchev–Trinajstić information content (AvgIpc) is 2.48. The minimum atomic E-state index is -0.0694. The van der Waals surface area contributed by atoms with Gasteiger partial charge < -0.3 is 10.1 Å². The van der Waals surface area contributed by atoms with Crippen molar-refractivity contribution in [1.82, 2.24) is 5.32 Å². The van der Waals surface area contributed by atoms with Crippen LogP contribution in [0.25, 0.3) is 0 Å². The second-order valence-corrected chi connectivity index (χ2v) is 5.26. The molecule has 1 aliphatic rings. The van der Waals surface area contributed by atoms with Crippen LogP contribution in [0.15, 0.2) is 53.4 Å². The fraction of sp³-hybridized carbons (Fsp3) is 0.188. The molecule has 0 radical (unpaired) electrons. The number of amides is 1. The first-order valence-electron chi connectivity index (χ1n) is 6.55. The summed E-state index contributed by atoms with van der Waals surface area (Å²) >= 11 is 4.22. The summed E-state index contributed by atoms with van der Waals surface area (Å²) in [6, 6.07) is 15.0. The number of hydrogen-bond acceptors (Lipinski definition) is 3. The predicted molar refractivity (Wildman–Crippen MR) is 80.5 cm³/mol. The molecule has 0 aliphatic carbocycles. The molecule has 0 aromatic heterocycles. The summed E-state index contributed by atoms with van der Waals surface area (Å²) in [5.74, 6) is 0.787. The molecule has 2 aromatic carbocycles. The summed E-state index contributed by atoms with van der Waals surface area (Å²) < 4.78 is 5.60. The van der Waals surface area contributed by atoms with Crippen molar-refractivity contribution in [3.05, 3.63) is 59.7 Å². The van der Waals surface area contributed by atoms with Crippen LogP contribution in [0.5, 0.6) is 5.75 Å². The first-order chi connectivity index (χ1) is 9.74. The molecule has 3 nitrogen and oxygen atoms in total.